The van der Waals surface area contributed by atoms with Crippen LogP contribution < -0.4 is 10.5 Å². The van der Waals surface area contributed by atoms with Gasteiger partial charge in [-0.05, 0) is 19.3 Å². The van der Waals surface area contributed by atoms with Crippen molar-refractivity contribution in [3.05, 3.63) is 12.7 Å². The summed E-state index contributed by atoms with van der Waals surface area (Å²) in [4.78, 5) is 0. The van der Waals surface area contributed by atoms with Crippen molar-refractivity contribution in [2.24, 2.45) is 5.73 Å². The maximum absolute atomic E-state index is 11.4. The van der Waals surface area contributed by atoms with Crippen LogP contribution in [0.3, 0.4) is 0 Å². The van der Waals surface area contributed by atoms with Gasteiger partial charge in [0.1, 0.15) is 6.23 Å². The Kier molecular flexibility index (Phi) is 3.65. The summed E-state index contributed by atoms with van der Waals surface area (Å²) in [5.74, 6) is 0. The molecule has 14 heavy (non-hydrogen) atoms. The molecule has 5 nitrogen and oxygen atoms in total. The van der Waals surface area contributed by atoms with E-state index in [0.717, 1.165) is 0 Å². The van der Waals surface area contributed by atoms with E-state index in [9.17, 15) is 13.5 Å². The molecule has 2 unspecified atom stereocenters. The highest BCUT2D eigenvalue weighted by molar-refractivity contribution is 7.90. The maximum atomic E-state index is 11.4. The molecule has 0 aromatic carbocycles. The fourth-order valence-corrected chi connectivity index (χ4v) is 2.51. The monoisotopic (exact) mass is 220 g/mol. The van der Waals surface area contributed by atoms with E-state index in [0.29, 0.717) is 19.3 Å². The average molecular weight is 220 g/mol. The standard InChI is InChI=1S/C8H16N2O3S/c1-2-3-7(9)8(11)10-14(12,13)6-4-5-6/h2,6-8,10-11H,1,3-5,9H2. The summed E-state index contributed by atoms with van der Waals surface area (Å²) in [5.41, 5.74) is 5.51. The zero-order valence-electron chi connectivity index (χ0n) is 7.89. The first-order chi connectivity index (χ1) is 6.47. The minimum Gasteiger partial charge on any atom is -0.376 e. The van der Waals surface area contributed by atoms with Crippen LogP contribution in [0.4, 0.5) is 0 Å². The molecule has 4 N–H and O–H groups in total. The Morgan fingerprint density at radius 1 is 1.64 bits per heavy atom. The van der Waals surface area contributed by atoms with E-state index in [1.165, 1.54) is 0 Å². The molecule has 0 saturated heterocycles. The van der Waals surface area contributed by atoms with Crippen LogP contribution in [0.1, 0.15) is 19.3 Å². The van der Waals surface area contributed by atoms with Gasteiger partial charge in [-0.3, -0.25) is 0 Å². The van der Waals surface area contributed by atoms with Crippen molar-refractivity contribution in [3.63, 3.8) is 0 Å². The van der Waals surface area contributed by atoms with E-state index in [1.807, 2.05) is 0 Å². The smallest absolute Gasteiger partial charge is 0.216 e. The van der Waals surface area contributed by atoms with E-state index in [4.69, 9.17) is 5.73 Å². The van der Waals surface area contributed by atoms with Gasteiger partial charge in [0.2, 0.25) is 10.0 Å². The van der Waals surface area contributed by atoms with E-state index < -0.39 is 22.3 Å². The third-order valence-corrected chi connectivity index (χ3v) is 4.01. The van der Waals surface area contributed by atoms with Crippen molar-refractivity contribution >= 4 is 10.0 Å². The molecule has 6 heteroatoms. The van der Waals surface area contributed by atoms with E-state index in [2.05, 4.69) is 11.3 Å². The number of nitrogens with two attached hydrogens (primary N) is 1. The van der Waals surface area contributed by atoms with Crippen LogP contribution in [0.15, 0.2) is 12.7 Å². The maximum Gasteiger partial charge on any atom is 0.216 e. The minimum absolute atomic E-state index is 0.340. The molecular formula is C8H16N2O3S. The third-order valence-electron chi connectivity index (χ3n) is 2.09. The third kappa shape index (κ3) is 3.06. The van der Waals surface area contributed by atoms with Gasteiger partial charge in [-0.25, -0.2) is 8.42 Å². The molecule has 1 aliphatic rings. The summed E-state index contributed by atoms with van der Waals surface area (Å²) in [7, 11) is -3.36. The van der Waals surface area contributed by atoms with Crippen LogP contribution in [0.5, 0.6) is 0 Å². The molecule has 0 aromatic heterocycles. The molecule has 1 saturated carbocycles. The Hall–Kier alpha value is -0.430. The van der Waals surface area contributed by atoms with Crippen LogP contribution >= 0.6 is 0 Å². The zero-order valence-corrected chi connectivity index (χ0v) is 8.70. The Balaban J connectivity index is 2.46. The van der Waals surface area contributed by atoms with Crippen LogP contribution in [-0.2, 0) is 10.0 Å². The number of sulfonamides is 1. The lowest BCUT2D eigenvalue weighted by Gasteiger charge is -2.18. The van der Waals surface area contributed by atoms with Crippen molar-refractivity contribution < 1.29 is 13.5 Å². The zero-order chi connectivity index (χ0) is 10.8. The molecule has 2 atom stereocenters. The first kappa shape index (κ1) is 11.6. The number of hydrogen-bond donors (Lipinski definition) is 3. The van der Waals surface area contributed by atoms with E-state index in [-0.39, 0.29) is 5.25 Å². The van der Waals surface area contributed by atoms with Gasteiger partial charge in [-0.15, -0.1) is 6.58 Å². The summed E-state index contributed by atoms with van der Waals surface area (Å²) in [6.45, 7) is 3.46. The van der Waals surface area contributed by atoms with Crippen molar-refractivity contribution in [3.8, 4) is 0 Å². The molecule has 0 amide bonds. The van der Waals surface area contributed by atoms with Gasteiger partial charge in [0.25, 0.3) is 0 Å². The van der Waals surface area contributed by atoms with Gasteiger partial charge in [0.15, 0.2) is 0 Å². The van der Waals surface area contributed by atoms with Crippen LogP contribution in [0.25, 0.3) is 0 Å². The Morgan fingerprint density at radius 3 is 2.64 bits per heavy atom. The summed E-state index contributed by atoms with van der Waals surface area (Å²) in [5, 5.41) is 9.06. The lowest BCUT2D eigenvalue weighted by molar-refractivity contribution is 0.134. The summed E-state index contributed by atoms with van der Waals surface area (Å²) >= 11 is 0. The largest absolute Gasteiger partial charge is 0.376 e. The van der Waals surface area contributed by atoms with E-state index in [1.54, 1.807) is 6.08 Å². The van der Waals surface area contributed by atoms with Crippen LogP contribution in [0.2, 0.25) is 0 Å². The predicted molar refractivity (Wildman–Crippen MR) is 53.9 cm³/mol. The molecule has 0 spiro atoms. The Labute approximate surface area is 84.0 Å². The number of aliphatic hydroxyl groups excluding tert-OH is 1. The number of aliphatic hydroxyl groups is 1. The summed E-state index contributed by atoms with van der Waals surface area (Å²) in [6.07, 6.45) is 2.02. The summed E-state index contributed by atoms with van der Waals surface area (Å²) < 4.78 is 24.9. The highest BCUT2D eigenvalue weighted by Gasteiger charge is 2.37. The average Bonchev–Trinajstić information content (AvgIpc) is 2.85. The number of hydrogen-bond acceptors (Lipinski definition) is 4. The molecule has 0 radical (unpaired) electrons. The molecule has 0 aromatic rings. The second-order valence-corrected chi connectivity index (χ2v) is 5.49. The van der Waals surface area contributed by atoms with Gasteiger partial charge in [-0.2, -0.15) is 4.72 Å². The first-order valence-electron chi connectivity index (χ1n) is 4.53. The summed E-state index contributed by atoms with van der Waals surface area (Å²) in [6, 6.07) is -0.638. The molecule has 1 fully saturated rings. The Morgan fingerprint density at radius 2 is 2.21 bits per heavy atom. The highest BCUT2D eigenvalue weighted by atomic mass is 32.2. The topological polar surface area (TPSA) is 92.4 Å². The highest BCUT2D eigenvalue weighted by Crippen LogP contribution is 2.27. The van der Waals surface area contributed by atoms with Gasteiger partial charge in [0, 0.05) is 6.04 Å². The van der Waals surface area contributed by atoms with Gasteiger partial charge in [0.05, 0.1) is 5.25 Å². The van der Waals surface area contributed by atoms with Crippen molar-refractivity contribution in [1.29, 1.82) is 0 Å². The lowest BCUT2D eigenvalue weighted by Crippen LogP contribution is -2.48. The molecule has 82 valence electrons. The molecule has 0 aliphatic heterocycles. The second-order valence-electron chi connectivity index (χ2n) is 3.50. The normalized spacial score (nSPS) is 21.6. The van der Waals surface area contributed by atoms with Crippen molar-refractivity contribution in [2.75, 3.05) is 0 Å². The predicted octanol–water partition coefficient (Wildman–Crippen LogP) is -0.710. The molecular weight excluding hydrogens is 204 g/mol. The van der Waals surface area contributed by atoms with Gasteiger partial charge in [-0.1, -0.05) is 6.08 Å². The van der Waals surface area contributed by atoms with E-state index >= 15 is 0 Å². The second kappa shape index (κ2) is 4.39. The van der Waals surface area contributed by atoms with Crippen LogP contribution in [0, 0.1) is 0 Å². The quantitative estimate of drug-likeness (QED) is 0.407. The lowest BCUT2D eigenvalue weighted by atomic mass is 10.2. The number of rotatable bonds is 6. The van der Waals surface area contributed by atoms with Crippen molar-refractivity contribution in [2.45, 2.75) is 36.8 Å². The first-order valence-corrected chi connectivity index (χ1v) is 6.07. The molecule has 0 heterocycles. The fraction of sp³-hybridized carbons (Fsp3) is 0.750. The fourth-order valence-electron chi connectivity index (χ4n) is 1.05. The minimum atomic E-state index is -3.36. The van der Waals surface area contributed by atoms with Gasteiger partial charge >= 0.3 is 0 Å². The molecule has 0 bridgehead atoms. The molecule has 1 aliphatic carbocycles. The number of nitrogens with one attached hydrogen (secondary N) is 1. The molecule has 1 rings (SSSR count). The van der Waals surface area contributed by atoms with Crippen molar-refractivity contribution in [1.82, 2.24) is 4.72 Å². The van der Waals surface area contributed by atoms with Crippen LogP contribution in [-0.4, -0.2) is 31.0 Å². The Bertz CT molecular complexity index is 298. The SMILES string of the molecule is C=CCC(N)C(O)NS(=O)(=O)C1CC1. The van der Waals surface area contributed by atoms with Gasteiger partial charge < -0.3 is 10.8 Å².